The normalized spacial score (nSPS) is 18.1. The van der Waals surface area contributed by atoms with Crippen LogP contribution in [-0.4, -0.2) is 28.8 Å². The highest BCUT2D eigenvalue weighted by molar-refractivity contribution is 7.97. The van der Waals surface area contributed by atoms with Gasteiger partial charge in [-0.05, 0) is 37.0 Å². The Balaban J connectivity index is 1.85. The van der Waals surface area contributed by atoms with Crippen molar-refractivity contribution in [2.75, 3.05) is 17.2 Å². The van der Waals surface area contributed by atoms with Crippen molar-refractivity contribution in [1.29, 1.82) is 0 Å². The van der Waals surface area contributed by atoms with Gasteiger partial charge in [-0.1, -0.05) is 31.9 Å². The van der Waals surface area contributed by atoms with Crippen molar-refractivity contribution in [3.05, 3.63) is 40.2 Å². The fraction of sp³-hybridized carbons (Fsp3) is 0.500. The van der Waals surface area contributed by atoms with Crippen molar-refractivity contribution < 1.29 is 4.79 Å². The van der Waals surface area contributed by atoms with Gasteiger partial charge in [-0.25, -0.2) is 0 Å². The first-order chi connectivity index (χ1) is 12.4. The zero-order valence-corrected chi connectivity index (χ0v) is 16.7. The van der Waals surface area contributed by atoms with Crippen LogP contribution in [0.2, 0.25) is 0 Å². The molecule has 0 radical (unpaired) electrons. The number of rotatable bonds is 5. The average molecular weight is 374 g/mol. The summed E-state index contributed by atoms with van der Waals surface area (Å²) in [6.45, 7) is 7.01. The molecule has 0 bridgehead atoms. The predicted molar refractivity (Wildman–Crippen MR) is 110 cm³/mol. The lowest BCUT2D eigenvalue weighted by Gasteiger charge is -2.33. The minimum Gasteiger partial charge on any atom is -0.311 e. The van der Waals surface area contributed by atoms with E-state index in [9.17, 15) is 9.59 Å². The number of pyridine rings is 1. The summed E-state index contributed by atoms with van der Waals surface area (Å²) in [5, 5.41) is 1.04. The standard InChI is InChI=1S/C20H27N3O2S/c1-13(2)12-26-21-15-5-8-19(24)23(11-15)16-6-7-17-14(3)9-20(25)22(4)18(17)10-16/h6-7,9-10,13,15,21H,5,8,11-12H2,1-4H3. The number of hydrogen-bond acceptors (Lipinski definition) is 4. The third kappa shape index (κ3) is 3.96. The number of piperidine rings is 1. The second kappa shape index (κ2) is 7.84. The molecule has 1 aromatic heterocycles. The quantitative estimate of drug-likeness (QED) is 0.818. The third-order valence-corrected chi connectivity index (χ3v) is 6.16. The molecular formula is C20H27N3O2S. The molecule has 1 fully saturated rings. The smallest absolute Gasteiger partial charge is 0.251 e. The van der Waals surface area contributed by atoms with Gasteiger partial charge in [0, 0.05) is 48.9 Å². The van der Waals surface area contributed by atoms with Crippen molar-refractivity contribution in [1.82, 2.24) is 9.29 Å². The number of nitrogens with zero attached hydrogens (tertiary/aromatic N) is 2. The molecule has 2 aromatic rings. The Hall–Kier alpha value is -1.79. The molecule has 1 aliphatic heterocycles. The van der Waals surface area contributed by atoms with Gasteiger partial charge in [0.25, 0.3) is 5.56 Å². The van der Waals surface area contributed by atoms with Gasteiger partial charge >= 0.3 is 0 Å². The predicted octanol–water partition coefficient (Wildman–Crippen LogP) is 3.24. The Morgan fingerprint density at radius 1 is 1.27 bits per heavy atom. The van der Waals surface area contributed by atoms with Crippen LogP contribution in [0.5, 0.6) is 0 Å². The third-order valence-electron chi connectivity index (χ3n) is 4.83. The molecule has 1 saturated heterocycles. The molecule has 0 saturated carbocycles. The second-order valence-electron chi connectivity index (χ2n) is 7.49. The van der Waals surface area contributed by atoms with E-state index in [1.807, 2.05) is 30.0 Å². The fourth-order valence-corrected chi connectivity index (χ4v) is 4.16. The maximum atomic E-state index is 12.5. The molecule has 6 heteroatoms. The number of nitrogens with one attached hydrogen (secondary N) is 1. The first kappa shape index (κ1) is 19.0. The summed E-state index contributed by atoms with van der Waals surface area (Å²) < 4.78 is 5.15. The van der Waals surface area contributed by atoms with Crippen LogP contribution in [0.3, 0.4) is 0 Å². The summed E-state index contributed by atoms with van der Waals surface area (Å²) in [4.78, 5) is 26.5. The highest BCUT2D eigenvalue weighted by Crippen LogP contribution is 2.26. The monoisotopic (exact) mass is 373 g/mol. The molecule has 1 amide bonds. The minimum absolute atomic E-state index is 0.0262. The highest BCUT2D eigenvalue weighted by Gasteiger charge is 2.27. The molecule has 1 aliphatic rings. The lowest BCUT2D eigenvalue weighted by molar-refractivity contribution is -0.119. The number of benzene rings is 1. The molecule has 3 rings (SSSR count). The molecule has 0 spiro atoms. The van der Waals surface area contributed by atoms with Crippen LogP contribution in [0.4, 0.5) is 5.69 Å². The van der Waals surface area contributed by atoms with Crippen LogP contribution in [0.1, 0.15) is 32.3 Å². The fourth-order valence-electron chi connectivity index (χ4n) is 3.30. The first-order valence-electron chi connectivity index (χ1n) is 9.15. The first-order valence-corrected chi connectivity index (χ1v) is 10.1. The topological polar surface area (TPSA) is 54.3 Å². The van der Waals surface area contributed by atoms with Crippen molar-refractivity contribution in [2.45, 2.75) is 39.7 Å². The summed E-state index contributed by atoms with van der Waals surface area (Å²) in [7, 11) is 1.78. The molecular weight excluding hydrogens is 346 g/mol. The van der Waals surface area contributed by atoms with Gasteiger partial charge in [0.15, 0.2) is 0 Å². The number of carbonyl (C=O) groups is 1. The van der Waals surface area contributed by atoms with Gasteiger partial charge in [0.05, 0.1) is 5.52 Å². The maximum absolute atomic E-state index is 12.5. The van der Waals surface area contributed by atoms with E-state index in [4.69, 9.17) is 0 Å². The number of fused-ring (bicyclic) bond motifs is 1. The summed E-state index contributed by atoms with van der Waals surface area (Å²) in [6.07, 6.45) is 1.41. The lowest BCUT2D eigenvalue weighted by atomic mass is 10.0. The molecule has 1 aromatic carbocycles. The van der Waals surface area contributed by atoms with E-state index in [1.54, 1.807) is 29.6 Å². The number of aromatic nitrogens is 1. The summed E-state index contributed by atoms with van der Waals surface area (Å²) in [5.41, 5.74) is 2.67. The van der Waals surface area contributed by atoms with E-state index in [-0.39, 0.29) is 17.5 Å². The molecule has 1 unspecified atom stereocenters. The average Bonchev–Trinajstić information content (AvgIpc) is 2.60. The zero-order chi connectivity index (χ0) is 18.8. The molecule has 2 heterocycles. The number of amides is 1. The van der Waals surface area contributed by atoms with E-state index in [2.05, 4.69) is 18.6 Å². The second-order valence-corrected chi connectivity index (χ2v) is 8.35. The molecule has 1 atom stereocenters. The Kier molecular flexibility index (Phi) is 5.73. The van der Waals surface area contributed by atoms with Crippen LogP contribution < -0.4 is 15.2 Å². The van der Waals surface area contributed by atoms with Crippen molar-refractivity contribution in [3.8, 4) is 0 Å². The molecule has 0 aliphatic carbocycles. The highest BCUT2D eigenvalue weighted by atomic mass is 32.2. The number of anilines is 1. The van der Waals surface area contributed by atoms with E-state index >= 15 is 0 Å². The minimum atomic E-state index is -0.0262. The van der Waals surface area contributed by atoms with Crippen molar-refractivity contribution >= 4 is 34.4 Å². The van der Waals surface area contributed by atoms with Crippen LogP contribution in [-0.2, 0) is 11.8 Å². The van der Waals surface area contributed by atoms with E-state index in [0.717, 1.165) is 34.3 Å². The van der Waals surface area contributed by atoms with Gasteiger partial charge in [-0.15, -0.1) is 0 Å². The summed E-state index contributed by atoms with van der Waals surface area (Å²) in [6, 6.07) is 7.90. The van der Waals surface area contributed by atoms with Crippen LogP contribution in [0.15, 0.2) is 29.1 Å². The van der Waals surface area contributed by atoms with Gasteiger partial charge in [0.1, 0.15) is 0 Å². The maximum Gasteiger partial charge on any atom is 0.251 e. The van der Waals surface area contributed by atoms with Gasteiger partial charge in [-0.2, -0.15) is 0 Å². The largest absolute Gasteiger partial charge is 0.311 e. The number of hydrogen-bond donors (Lipinski definition) is 1. The van der Waals surface area contributed by atoms with E-state index in [0.29, 0.717) is 18.9 Å². The Morgan fingerprint density at radius 3 is 2.77 bits per heavy atom. The van der Waals surface area contributed by atoms with Crippen molar-refractivity contribution in [3.63, 3.8) is 0 Å². The molecule has 5 nitrogen and oxygen atoms in total. The molecule has 26 heavy (non-hydrogen) atoms. The van der Waals surface area contributed by atoms with Gasteiger partial charge < -0.3 is 9.47 Å². The summed E-state index contributed by atoms with van der Waals surface area (Å²) >= 11 is 1.74. The lowest BCUT2D eigenvalue weighted by Crippen LogP contribution is -2.47. The summed E-state index contributed by atoms with van der Waals surface area (Å²) in [5.74, 6) is 1.84. The molecule has 1 N–H and O–H groups in total. The number of carbonyl (C=O) groups excluding carboxylic acids is 1. The van der Waals surface area contributed by atoms with Gasteiger partial charge in [0.2, 0.25) is 5.91 Å². The van der Waals surface area contributed by atoms with Crippen LogP contribution >= 0.6 is 11.9 Å². The number of aryl methyl sites for hydroxylation is 2. The Bertz CT molecular complexity index is 875. The zero-order valence-electron chi connectivity index (χ0n) is 15.9. The Labute approximate surface area is 158 Å². The Morgan fingerprint density at radius 2 is 2.04 bits per heavy atom. The van der Waals surface area contributed by atoms with E-state index < -0.39 is 0 Å². The van der Waals surface area contributed by atoms with E-state index in [1.165, 1.54) is 0 Å². The molecule has 140 valence electrons. The van der Waals surface area contributed by atoms with Crippen LogP contribution in [0.25, 0.3) is 10.9 Å². The van der Waals surface area contributed by atoms with Gasteiger partial charge in [-0.3, -0.25) is 14.3 Å². The van der Waals surface area contributed by atoms with Crippen LogP contribution in [0, 0.1) is 12.8 Å². The van der Waals surface area contributed by atoms with Crippen molar-refractivity contribution in [2.24, 2.45) is 13.0 Å². The SMILES string of the molecule is Cc1cc(=O)n(C)c2cc(N3CC(NSCC(C)C)CCC3=O)ccc12.